The number of piperidine rings is 1. The summed E-state index contributed by atoms with van der Waals surface area (Å²) in [7, 11) is 1.86. The topological polar surface area (TPSA) is 64.6 Å². The first-order valence-electron chi connectivity index (χ1n) is 8.97. The van der Waals surface area contributed by atoms with E-state index in [1.54, 1.807) is 0 Å². The van der Waals surface area contributed by atoms with Crippen molar-refractivity contribution in [2.45, 2.75) is 25.9 Å². The Bertz CT molecular complexity index is 487. The van der Waals surface area contributed by atoms with Gasteiger partial charge in [-0.3, -0.25) is 4.79 Å². The summed E-state index contributed by atoms with van der Waals surface area (Å²) in [6, 6.07) is 9.83. The van der Waals surface area contributed by atoms with Crippen molar-refractivity contribution < 1.29 is 9.90 Å². The minimum absolute atomic E-state index is 0.0103. The molecule has 0 radical (unpaired) electrons. The predicted octanol–water partition coefficient (Wildman–Crippen LogP) is 1.40. The van der Waals surface area contributed by atoms with Gasteiger partial charge in [-0.1, -0.05) is 37.3 Å². The van der Waals surface area contributed by atoms with Crippen molar-refractivity contribution in [3.8, 4) is 0 Å². The standard InChI is InChI=1S/C19H31N3O2/c1-15(12-20-2)19(24)21-13-16-8-10-22(11-9-16)14-18(23)17-6-4-3-5-7-17/h3-7,15-16,18,20,23H,8-14H2,1-2H3,(H,21,24). The van der Waals surface area contributed by atoms with E-state index in [1.807, 2.05) is 44.3 Å². The molecule has 0 aromatic heterocycles. The number of aliphatic hydroxyl groups is 1. The summed E-state index contributed by atoms with van der Waals surface area (Å²) in [6.45, 7) is 6.07. The smallest absolute Gasteiger partial charge is 0.224 e. The Morgan fingerprint density at radius 1 is 1.29 bits per heavy atom. The third-order valence-electron chi connectivity index (χ3n) is 4.85. The first-order chi connectivity index (χ1) is 11.6. The number of hydrogen-bond acceptors (Lipinski definition) is 4. The number of aliphatic hydroxyl groups excluding tert-OH is 1. The van der Waals surface area contributed by atoms with Crippen LogP contribution in [0.3, 0.4) is 0 Å². The van der Waals surface area contributed by atoms with E-state index >= 15 is 0 Å². The number of amides is 1. The van der Waals surface area contributed by atoms with E-state index in [0.29, 0.717) is 19.0 Å². The summed E-state index contributed by atoms with van der Waals surface area (Å²) < 4.78 is 0. The first-order valence-corrected chi connectivity index (χ1v) is 8.97. The maximum absolute atomic E-state index is 11.9. The summed E-state index contributed by atoms with van der Waals surface area (Å²) in [4.78, 5) is 14.3. The van der Waals surface area contributed by atoms with Crippen LogP contribution in [0.4, 0.5) is 0 Å². The van der Waals surface area contributed by atoms with Crippen LogP contribution in [-0.4, -0.2) is 55.7 Å². The Hall–Kier alpha value is -1.43. The molecule has 1 aromatic rings. The minimum Gasteiger partial charge on any atom is -0.387 e. The molecular weight excluding hydrogens is 302 g/mol. The number of β-amino-alcohol motifs (C(OH)–C–C–N with tert-alkyl or cyclic N) is 1. The van der Waals surface area contributed by atoms with Crippen LogP contribution in [-0.2, 0) is 4.79 Å². The van der Waals surface area contributed by atoms with Gasteiger partial charge < -0.3 is 20.6 Å². The lowest BCUT2D eigenvalue weighted by Gasteiger charge is -2.33. The molecule has 1 fully saturated rings. The molecule has 24 heavy (non-hydrogen) atoms. The molecule has 1 heterocycles. The molecule has 0 bridgehead atoms. The number of benzene rings is 1. The monoisotopic (exact) mass is 333 g/mol. The highest BCUT2D eigenvalue weighted by molar-refractivity contribution is 5.78. The number of carbonyl (C=O) groups excluding carboxylic acids is 1. The summed E-state index contributed by atoms with van der Waals surface area (Å²) in [6.07, 6.45) is 1.72. The van der Waals surface area contributed by atoms with Crippen LogP contribution in [0.2, 0.25) is 0 Å². The van der Waals surface area contributed by atoms with Crippen molar-refractivity contribution >= 4 is 5.91 Å². The van der Waals surface area contributed by atoms with Crippen LogP contribution in [0.5, 0.6) is 0 Å². The summed E-state index contributed by atoms with van der Waals surface area (Å²) in [5.41, 5.74) is 0.977. The van der Waals surface area contributed by atoms with Crippen molar-refractivity contribution in [3.63, 3.8) is 0 Å². The van der Waals surface area contributed by atoms with Gasteiger partial charge in [0.2, 0.25) is 5.91 Å². The van der Waals surface area contributed by atoms with Gasteiger partial charge in [-0.05, 0) is 44.5 Å². The molecule has 2 atom stereocenters. The molecule has 5 nitrogen and oxygen atoms in total. The largest absolute Gasteiger partial charge is 0.387 e. The van der Waals surface area contributed by atoms with Crippen molar-refractivity contribution in [2.24, 2.45) is 11.8 Å². The predicted molar refractivity (Wildman–Crippen MR) is 96.7 cm³/mol. The molecule has 1 aliphatic rings. The van der Waals surface area contributed by atoms with E-state index in [-0.39, 0.29) is 11.8 Å². The molecule has 1 aromatic carbocycles. The Labute approximate surface area is 145 Å². The highest BCUT2D eigenvalue weighted by atomic mass is 16.3. The molecule has 1 amide bonds. The van der Waals surface area contributed by atoms with E-state index in [0.717, 1.165) is 38.0 Å². The first kappa shape index (κ1) is 18.9. The van der Waals surface area contributed by atoms with Crippen molar-refractivity contribution in [2.75, 3.05) is 39.8 Å². The van der Waals surface area contributed by atoms with Crippen molar-refractivity contribution in [1.29, 1.82) is 0 Å². The Morgan fingerprint density at radius 3 is 2.58 bits per heavy atom. The number of nitrogens with one attached hydrogen (secondary N) is 2. The molecule has 0 spiro atoms. The third-order valence-corrected chi connectivity index (χ3v) is 4.85. The second-order valence-corrected chi connectivity index (χ2v) is 6.87. The van der Waals surface area contributed by atoms with Crippen LogP contribution >= 0.6 is 0 Å². The summed E-state index contributed by atoms with van der Waals surface area (Å²) >= 11 is 0. The average molecular weight is 333 g/mol. The van der Waals surface area contributed by atoms with Gasteiger partial charge in [-0.15, -0.1) is 0 Å². The van der Waals surface area contributed by atoms with Crippen molar-refractivity contribution in [3.05, 3.63) is 35.9 Å². The molecule has 5 heteroatoms. The van der Waals surface area contributed by atoms with Gasteiger partial charge in [0.1, 0.15) is 0 Å². The maximum Gasteiger partial charge on any atom is 0.224 e. The summed E-state index contributed by atoms with van der Waals surface area (Å²) in [5.74, 6) is 0.684. The molecule has 2 unspecified atom stereocenters. The fraction of sp³-hybridized carbons (Fsp3) is 0.632. The lowest BCUT2D eigenvalue weighted by Crippen LogP contribution is -2.42. The van der Waals surface area contributed by atoms with Gasteiger partial charge in [0.25, 0.3) is 0 Å². The van der Waals surface area contributed by atoms with Gasteiger partial charge in [-0.25, -0.2) is 0 Å². The second kappa shape index (κ2) is 9.77. The third kappa shape index (κ3) is 5.89. The highest BCUT2D eigenvalue weighted by Gasteiger charge is 2.22. The average Bonchev–Trinajstić information content (AvgIpc) is 2.61. The molecule has 3 N–H and O–H groups in total. The fourth-order valence-electron chi connectivity index (χ4n) is 3.22. The van der Waals surface area contributed by atoms with Crippen LogP contribution in [0.25, 0.3) is 0 Å². The van der Waals surface area contributed by atoms with Gasteiger partial charge in [-0.2, -0.15) is 0 Å². The van der Waals surface area contributed by atoms with Crippen LogP contribution in [0.1, 0.15) is 31.4 Å². The SMILES string of the molecule is CNCC(C)C(=O)NCC1CCN(CC(O)c2ccccc2)CC1. The van der Waals surface area contributed by atoms with Gasteiger partial charge in [0.15, 0.2) is 0 Å². The highest BCUT2D eigenvalue weighted by Crippen LogP contribution is 2.20. The quantitative estimate of drug-likeness (QED) is 0.673. The van der Waals surface area contributed by atoms with E-state index in [4.69, 9.17) is 0 Å². The van der Waals surface area contributed by atoms with Crippen LogP contribution in [0, 0.1) is 11.8 Å². The normalized spacial score (nSPS) is 19.0. The second-order valence-electron chi connectivity index (χ2n) is 6.87. The lowest BCUT2D eigenvalue weighted by molar-refractivity contribution is -0.124. The number of hydrogen-bond donors (Lipinski definition) is 3. The molecule has 0 saturated carbocycles. The van der Waals surface area contributed by atoms with Gasteiger partial charge in [0, 0.05) is 25.6 Å². The molecule has 0 aliphatic carbocycles. The van der Waals surface area contributed by atoms with E-state index in [9.17, 15) is 9.90 Å². The van der Waals surface area contributed by atoms with Crippen LogP contribution < -0.4 is 10.6 Å². The molecular formula is C19H31N3O2. The Balaban J connectivity index is 1.67. The molecule has 2 rings (SSSR count). The zero-order chi connectivity index (χ0) is 17.4. The Kier molecular flexibility index (Phi) is 7.69. The zero-order valence-corrected chi connectivity index (χ0v) is 14.9. The van der Waals surface area contributed by atoms with Gasteiger partial charge >= 0.3 is 0 Å². The van der Waals surface area contributed by atoms with E-state index < -0.39 is 6.10 Å². The molecule has 134 valence electrons. The number of rotatable bonds is 8. The number of carbonyl (C=O) groups is 1. The zero-order valence-electron chi connectivity index (χ0n) is 14.9. The maximum atomic E-state index is 11.9. The molecule has 1 aliphatic heterocycles. The number of likely N-dealkylation sites (tertiary alicyclic amines) is 1. The number of nitrogens with zero attached hydrogens (tertiary/aromatic N) is 1. The Morgan fingerprint density at radius 2 is 1.96 bits per heavy atom. The molecule has 1 saturated heterocycles. The summed E-state index contributed by atoms with van der Waals surface area (Å²) in [5, 5.41) is 16.4. The van der Waals surface area contributed by atoms with E-state index in [1.165, 1.54) is 0 Å². The lowest BCUT2D eigenvalue weighted by atomic mass is 9.96. The van der Waals surface area contributed by atoms with Crippen molar-refractivity contribution in [1.82, 2.24) is 15.5 Å². The fourth-order valence-corrected chi connectivity index (χ4v) is 3.22. The minimum atomic E-state index is -0.426. The van der Waals surface area contributed by atoms with Gasteiger partial charge in [0.05, 0.1) is 6.10 Å². The van der Waals surface area contributed by atoms with Crippen LogP contribution in [0.15, 0.2) is 30.3 Å². The van der Waals surface area contributed by atoms with E-state index in [2.05, 4.69) is 15.5 Å².